The van der Waals surface area contributed by atoms with Crippen LogP contribution in [0, 0.1) is 11.3 Å². The van der Waals surface area contributed by atoms with E-state index in [4.69, 9.17) is 0 Å². The van der Waals surface area contributed by atoms with Crippen LogP contribution in [0.15, 0.2) is 0 Å². The zero-order valence-corrected chi connectivity index (χ0v) is 12.8. The fourth-order valence-corrected chi connectivity index (χ4v) is 3.21. The smallest absolute Gasteiger partial charge is 0.0497 e. The minimum Gasteiger partial charge on any atom is -0.396 e. The summed E-state index contributed by atoms with van der Waals surface area (Å²) >= 11 is 0. The summed E-state index contributed by atoms with van der Waals surface area (Å²) in [5, 5.41) is 9.57. The normalized spacial score (nSPS) is 22.3. The van der Waals surface area contributed by atoms with Crippen LogP contribution in [0.2, 0.25) is 0 Å². The number of aliphatic hydroxyl groups excluding tert-OH is 1. The fourth-order valence-electron chi connectivity index (χ4n) is 3.21. The largest absolute Gasteiger partial charge is 0.396 e. The molecule has 1 aliphatic heterocycles. The molecular weight excluding hydrogens is 224 g/mol. The van der Waals surface area contributed by atoms with E-state index in [0.717, 1.165) is 25.3 Å². The summed E-state index contributed by atoms with van der Waals surface area (Å²) in [5.41, 5.74) is 0.0783. The summed E-state index contributed by atoms with van der Waals surface area (Å²) in [6.07, 6.45) is 4.91. The van der Waals surface area contributed by atoms with E-state index in [-0.39, 0.29) is 5.41 Å². The molecule has 108 valence electrons. The van der Waals surface area contributed by atoms with Crippen LogP contribution in [0.4, 0.5) is 0 Å². The van der Waals surface area contributed by atoms with E-state index in [1.54, 1.807) is 0 Å². The molecule has 1 unspecified atom stereocenters. The maximum absolute atomic E-state index is 9.57. The van der Waals surface area contributed by atoms with Gasteiger partial charge in [0.1, 0.15) is 0 Å². The molecule has 0 aromatic heterocycles. The Balaban J connectivity index is 2.33. The molecule has 0 radical (unpaired) electrons. The van der Waals surface area contributed by atoms with Crippen molar-refractivity contribution in [2.75, 3.05) is 46.9 Å². The van der Waals surface area contributed by atoms with Crippen LogP contribution in [0.5, 0.6) is 0 Å². The van der Waals surface area contributed by atoms with Crippen molar-refractivity contribution < 1.29 is 5.11 Å². The van der Waals surface area contributed by atoms with Gasteiger partial charge in [0.05, 0.1) is 0 Å². The monoisotopic (exact) mass is 256 g/mol. The maximum atomic E-state index is 9.57. The highest BCUT2D eigenvalue weighted by molar-refractivity contribution is 4.79. The van der Waals surface area contributed by atoms with Crippen LogP contribution in [0.25, 0.3) is 0 Å². The summed E-state index contributed by atoms with van der Waals surface area (Å²) < 4.78 is 0. The van der Waals surface area contributed by atoms with Crippen molar-refractivity contribution in [1.29, 1.82) is 0 Å². The van der Waals surface area contributed by atoms with E-state index in [0.29, 0.717) is 6.61 Å². The number of rotatable bonds is 7. The highest BCUT2D eigenvalue weighted by Crippen LogP contribution is 2.25. The molecule has 18 heavy (non-hydrogen) atoms. The van der Waals surface area contributed by atoms with Crippen molar-refractivity contribution in [2.45, 2.75) is 39.5 Å². The van der Waals surface area contributed by atoms with Gasteiger partial charge in [0.25, 0.3) is 0 Å². The molecule has 1 rings (SSSR count). The van der Waals surface area contributed by atoms with Gasteiger partial charge in [-0.15, -0.1) is 0 Å². The SMILES string of the molecule is CCCC(C)(CO)CN(C)CC1CCN(C)CC1. The van der Waals surface area contributed by atoms with Gasteiger partial charge in [-0.2, -0.15) is 0 Å². The average molecular weight is 256 g/mol. The van der Waals surface area contributed by atoms with Crippen molar-refractivity contribution in [3.8, 4) is 0 Å². The van der Waals surface area contributed by atoms with Gasteiger partial charge in [-0.25, -0.2) is 0 Å². The van der Waals surface area contributed by atoms with Crippen molar-refractivity contribution >= 4 is 0 Å². The average Bonchev–Trinajstić information content (AvgIpc) is 2.32. The van der Waals surface area contributed by atoms with Gasteiger partial charge in [-0.05, 0) is 52.4 Å². The summed E-state index contributed by atoms with van der Waals surface area (Å²) in [4.78, 5) is 4.85. The van der Waals surface area contributed by atoms with Crippen LogP contribution in [0.3, 0.4) is 0 Å². The first kappa shape index (κ1) is 15.9. The van der Waals surface area contributed by atoms with Gasteiger partial charge < -0.3 is 14.9 Å². The van der Waals surface area contributed by atoms with E-state index in [9.17, 15) is 5.11 Å². The predicted octanol–water partition coefficient (Wildman–Crippen LogP) is 2.06. The highest BCUT2D eigenvalue weighted by atomic mass is 16.3. The van der Waals surface area contributed by atoms with Crippen molar-refractivity contribution in [3.63, 3.8) is 0 Å². The standard InChI is InChI=1S/C15H32N2O/c1-5-8-15(2,13-18)12-17(4)11-14-6-9-16(3)10-7-14/h14,18H,5-13H2,1-4H3. The Labute approximate surface area is 113 Å². The minimum absolute atomic E-state index is 0.0783. The van der Waals surface area contributed by atoms with E-state index in [1.807, 2.05) is 0 Å². The lowest BCUT2D eigenvalue weighted by molar-refractivity contribution is 0.0772. The topological polar surface area (TPSA) is 26.7 Å². The van der Waals surface area contributed by atoms with Crippen LogP contribution >= 0.6 is 0 Å². The van der Waals surface area contributed by atoms with Gasteiger partial charge in [0.2, 0.25) is 0 Å². The Kier molecular flexibility index (Phi) is 6.61. The molecule has 1 atom stereocenters. The Morgan fingerprint density at radius 1 is 1.33 bits per heavy atom. The molecule has 3 heteroatoms. The molecule has 0 aromatic carbocycles. The number of likely N-dealkylation sites (tertiary alicyclic amines) is 1. The van der Waals surface area contributed by atoms with E-state index < -0.39 is 0 Å². The van der Waals surface area contributed by atoms with Gasteiger partial charge in [0, 0.05) is 25.1 Å². The Bertz CT molecular complexity index is 227. The van der Waals surface area contributed by atoms with Crippen LogP contribution in [0.1, 0.15) is 39.5 Å². The molecular formula is C15H32N2O. The van der Waals surface area contributed by atoms with E-state index in [1.165, 1.54) is 32.5 Å². The third-order valence-corrected chi connectivity index (χ3v) is 4.29. The van der Waals surface area contributed by atoms with Crippen molar-refractivity contribution in [3.05, 3.63) is 0 Å². The third-order valence-electron chi connectivity index (χ3n) is 4.29. The number of hydrogen-bond acceptors (Lipinski definition) is 3. The highest BCUT2D eigenvalue weighted by Gasteiger charge is 2.26. The maximum Gasteiger partial charge on any atom is 0.0497 e. The summed E-state index contributed by atoms with van der Waals surface area (Å²) in [5.74, 6) is 0.843. The van der Waals surface area contributed by atoms with Crippen molar-refractivity contribution in [2.24, 2.45) is 11.3 Å². The van der Waals surface area contributed by atoms with Gasteiger partial charge in [0.15, 0.2) is 0 Å². The summed E-state index contributed by atoms with van der Waals surface area (Å²) in [6.45, 7) is 9.40. The predicted molar refractivity (Wildman–Crippen MR) is 77.8 cm³/mol. The van der Waals surface area contributed by atoms with E-state index >= 15 is 0 Å². The molecule has 0 spiro atoms. The zero-order valence-electron chi connectivity index (χ0n) is 12.8. The molecule has 1 heterocycles. The molecule has 1 fully saturated rings. The molecule has 0 amide bonds. The zero-order chi connectivity index (χ0) is 13.6. The Morgan fingerprint density at radius 2 is 1.94 bits per heavy atom. The molecule has 1 N–H and O–H groups in total. The summed E-state index contributed by atoms with van der Waals surface area (Å²) in [7, 11) is 4.42. The first-order valence-corrected chi connectivity index (χ1v) is 7.47. The fraction of sp³-hybridized carbons (Fsp3) is 1.00. The van der Waals surface area contributed by atoms with Crippen LogP contribution in [-0.4, -0.2) is 61.8 Å². The number of aliphatic hydroxyl groups is 1. The lowest BCUT2D eigenvalue weighted by Gasteiger charge is -2.36. The molecule has 1 aliphatic rings. The molecule has 3 nitrogen and oxygen atoms in total. The van der Waals surface area contributed by atoms with E-state index in [2.05, 4.69) is 37.7 Å². The lowest BCUT2D eigenvalue weighted by atomic mass is 9.85. The molecule has 1 saturated heterocycles. The second-order valence-corrected chi connectivity index (χ2v) is 6.66. The van der Waals surface area contributed by atoms with Gasteiger partial charge in [-0.1, -0.05) is 20.3 Å². The second kappa shape index (κ2) is 7.46. The third kappa shape index (κ3) is 5.25. The van der Waals surface area contributed by atoms with Gasteiger partial charge in [-0.3, -0.25) is 0 Å². The first-order valence-electron chi connectivity index (χ1n) is 7.47. The Hall–Kier alpha value is -0.120. The van der Waals surface area contributed by atoms with Crippen LogP contribution < -0.4 is 0 Å². The first-order chi connectivity index (χ1) is 8.49. The Morgan fingerprint density at radius 3 is 2.44 bits per heavy atom. The molecule has 0 saturated carbocycles. The molecule has 0 aliphatic carbocycles. The minimum atomic E-state index is 0.0783. The van der Waals surface area contributed by atoms with Gasteiger partial charge >= 0.3 is 0 Å². The molecule has 0 aromatic rings. The van der Waals surface area contributed by atoms with Crippen LogP contribution in [-0.2, 0) is 0 Å². The quantitative estimate of drug-likeness (QED) is 0.755. The number of nitrogens with zero attached hydrogens (tertiary/aromatic N) is 2. The number of hydrogen-bond donors (Lipinski definition) is 1. The lowest BCUT2D eigenvalue weighted by Crippen LogP contribution is -2.41. The molecule has 0 bridgehead atoms. The number of piperidine rings is 1. The second-order valence-electron chi connectivity index (χ2n) is 6.66. The van der Waals surface area contributed by atoms with Crippen molar-refractivity contribution in [1.82, 2.24) is 9.80 Å². The summed E-state index contributed by atoms with van der Waals surface area (Å²) in [6, 6.07) is 0.